The van der Waals surface area contributed by atoms with Crippen LogP contribution in [0.15, 0.2) is 54.7 Å². The van der Waals surface area contributed by atoms with Gasteiger partial charge in [0.25, 0.3) is 5.91 Å². The van der Waals surface area contributed by atoms with Crippen molar-refractivity contribution in [3.8, 4) is 5.69 Å². The normalized spacial score (nSPS) is 15.8. The molecule has 0 saturated heterocycles. The Hall–Kier alpha value is -3.48. The topological polar surface area (TPSA) is 77.3 Å². The molecule has 1 amide bonds. The second-order valence-electron chi connectivity index (χ2n) is 6.77. The molecule has 2 aromatic carbocycles. The zero-order chi connectivity index (χ0) is 19.7. The van der Waals surface area contributed by atoms with E-state index in [9.17, 15) is 9.59 Å². The fourth-order valence-electron chi connectivity index (χ4n) is 3.56. The Kier molecular flexibility index (Phi) is 4.65. The number of carbonyl (C=O) groups excluding carboxylic acids is 2. The summed E-state index contributed by atoms with van der Waals surface area (Å²) in [7, 11) is 1.38. The van der Waals surface area contributed by atoms with Crippen LogP contribution in [0.1, 0.15) is 34.0 Å². The van der Waals surface area contributed by atoms with Crippen molar-refractivity contribution in [3.63, 3.8) is 0 Å². The molecule has 7 heteroatoms. The molecule has 0 radical (unpaired) electrons. The molecule has 0 spiro atoms. The standard InChI is InChI=1S/C21H20N4O3/c1-14-6-5-7-15(12-14)25-13-18(22-23-25)20(26)24-11-10-17(21(27)28-2)16-8-3-4-9-19(16)24/h3-9,12-13,17H,10-11H2,1-2H3/t17-/m0/s1. The van der Waals surface area contributed by atoms with Gasteiger partial charge in [0.05, 0.1) is 24.9 Å². The van der Waals surface area contributed by atoms with Crippen LogP contribution in [0.3, 0.4) is 0 Å². The van der Waals surface area contributed by atoms with E-state index in [-0.39, 0.29) is 23.5 Å². The molecule has 7 nitrogen and oxygen atoms in total. The summed E-state index contributed by atoms with van der Waals surface area (Å²) < 4.78 is 6.51. The first kappa shape index (κ1) is 17.9. The molecule has 1 aliphatic heterocycles. The van der Waals surface area contributed by atoms with Gasteiger partial charge in [-0.15, -0.1) is 5.10 Å². The summed E-state index contributed by atoms with van der Waals surface area (Å²) in [5, 5.41) is 8.17. The number of methoxy groups -OCH3 is 1. The first-order valence-corrected chi connectivity index (χ1v) is 9.06. The van der Waals surface area contributed by atoms with Gasteiger partial charge < -0.3 is 9.64 Å². The highest BCUT2D eigenvalue weighted by molar-refractivity contribution is 6.06. The summed E-state index contributed by atoms with van der Waals surface area (Å²) in [6.45, 7) is 2.40. The predicted molar refractivity (Wildman–Crippen MR) is 104 cm³/mol. The summed E-state index contributed by atoms with van der Waals surface area (Å²) in [5.41, 5.74) is 3.70. The van der Waals surface area contributed by atoms with E-state index in [0.29, 0.717) is 18.7 Å². The molecule has 0 fully saturated rings. The van der Waals surface area contributed by atoms with Gasteiger partial charge in [-0.1, -0.05) is 35.5 Å². The molecule has 2 heterocycles. The molecule has 0 saturated carbocycles. The number of amides is 1. The Bertz CT molecular complexity index is 1040. The van der Waals surface area contributed by atoms with Crippen molar-refractivity contribution in [3.05, 3.63) is 71.5 Å². The van der Waals surface area contributed by atoms with E-state index in [1.807, 2.05) is 55.5 Å². The van der Waals surface area contributed by atoms with Gasteiger partial charge >= 0.3 is 5.97 Å². The maximum atomic E-state index is 13.1. The highest BCUT2D eigenvalue weighted by Gasteiger charge is 2.34. The van der Waals surface area contributed by atoms with E-state index < -0.39 is 0 Å². The van der Waals surface area contributed by atoms with E-state index >= 15 is 0 Å². The maximum Gasteiger partial charge on any atom is 0.313 e. The summed E-state index contributed by atoms with van der Waals surface area (Å²) in [6.07, 6.45) is 2.13. The number of para-hydroxylation sites is 1. The monoisotopic (exact) mass is 376 g/mol. The number of benzene rings is 2. The van der Waals surface area contributed by atoms with Crippen LogP contribution < -0.4 is 4.90 Å². The van der Waals surface area contributed by atoms with Crippen LogP contribution in [-0.2, 0) is 9.53 Å². The van der Waals surface area contributed by atoms with Gasteiger partial charge in [0.15, 0.2) is 5.69 Å². The number of anilines is 1. The first-order valence-electron chi connectivity index (χ1n) is 9.06. The summed E-state index contributed by atoms with van der Waals surface area (Å²) in [4.78, 5) is 26.9. The first-order chi connectivity index (χ1) is 13.6. The van der Waals surface area contributed by atoms with Gasteiger partial charge in [-0.2, -0.15) is 0 Å². The van der Waals surface area contributed by atoms with E-state index in [4.69, 9.17) is 4.74 Å². The van der Waals surface area contributed by atoms with Crippen molar-refractivity contribution in [1.82, 2.24) is 15.0 Å². The van der Waals surface area contributed by atoms with Crippen LogP contribution in [0.25, 0.3) is 5.69 Å². The minimum absolute atomic E-state index is 0.241. The zero-order valence-electron chi connectivity index (χ0n) is 15.7. The molecular formula is C21H20N4O3. The predicted octanol–water partition coefficient (Wildman–Crippen LogP) is 2.88. The van der Waals surface area contributed by atoms with Crippen molar-refractivity contribution in [1.29, 1.82) is 0 Å². The number of hydrogen-bond acceptors (Lipinski definition) is 5. The molecule has 1 aliphatic rings. The molecular weight excluding hydrogens is 356 g/mol. The quantitative estimate of drug-likeness (QED) is 0.657. The number of aromatic nitrogens is 3. The third-order valence-corrected chi connectivity index (χ3v) is 4.95. The molecule has 0 bridgehead atoms. The van der Waals surface area contributed by atoms with Gasteiger partial charge in [0, 0.05) is 12.2 Å². The molecule has 142 valence electrons. The number of ether oxygens (including phenoxy) is 1. The van der Waals surface area contributed by atoms with E-state index in [0.717, 1.165) is 16.8 Å². The molecule has 1 atom stereocenters. The van der Waals surface area contributed by atoms with Crippen molar-refractivity contribution in [2.45, 2.75) is 19.3 Å². The largest absolute Gasteiger partial charge is 0.469 e. The average molecular weight is 376 g/mol. The number of aryl methyl sites for hydroxylation is 1. The molecule has 3 aromatic rings. The van der Waals surface area contributed by atoms with Crippen molar-refractivity contribution in [2.24, 2.45) is 0 Å². The van der Waals surface area contributed by atoms with E-state index in [1.165, 1.54) is 7.11 Å². The van der Waals surface area contributed by atoms with Gasteiger partial charge in [-0.05, 0) is 42.7 Å². The average Bonchev–Trinajstić information content (AvgIpc) is 3.22. The number of hydrogen-bond donors (Lipinski definition) is 0. The lowest BCUT2D eigenvalue weighted by Gasteiger charge is -2.32. The Morgan fingerprint density at radius 1 is 1.14 bits per heavy atom. The van der Waals surface area contributed by atoms with Gasteiger partial charge in [0.2, 0.25) is 0 Å². The van der Waals surface area contributed by atoms with Crippen molar-refractivity contribution in [2.75, 3.05) is 18.6 Å². The summed E-state index contributed by atoms with van der Waals surface area (Å²) >= 11 is 0. The molecule has 0 unspecified atom stereocenters. The highest BCUT2D eigenvalue weighted by Crippen LogP contribution is 2.36. The smallest absolute Gasteiger partial charge is 0.313 e. The third-order valence-electron chi connectivity index (χ3n) is 4.95. The Labute approximate surface area is 162 Å². The Balaban J connectivity index is 1.65. The van der Waals surface area contributed by atoms with Crippen molar-refractivity contribution >= 4 is 17.6 Å². The molecule has 28 heavy (non-hydrogen) atoms. The van der Waals surface area contributed by atoms with Gasteiger partial charge in [-0.3, -0.25) is 9.59 Å². The van der Waals surface area contributed by atoms with Gasteiger partial charge in [0.1, 0.15) is 0 Å². The van der Waals surface area contributed by atoms with Crippen LogP contribution >= 0.6 is 0 Å². The summed E-state index contributed by atoms with van der Waals surface area (Å²) in [5.74, 6) is -0.896. The summed E-state index contributed by atoms with van der Waals surface area (Å²) in [6, 6.07) is 15.2. The van der Waals surface area contributed by atoms with Gasteiger partial charge in [-0.25, -0.2) is 4.68 Å². The fourth-order valence-corrected chi connectivity index (χ4v) is 3.56. The van der Waals surface area contributed by atoms with E-state index in [2.05, 4.69) is 10.3 Å². The van der Waals surface area contributed by atoms with Crippen molar-refractivity contribution < 1.29 is 14.3 Å². The number of esters is 1. The third kappa shape index (κ3) is 3.15. The number of fused-ring (bicyclic) bond motifs is 1. The van der Waals surface area contributed by atoms with E-state index in [1.54, 1.807) is 15.8 Å². The Morgan fingerprint density at radius 3 is 2.75 bits per heavy atom. The zero-order valence-corrected chi connectivity index (χ0v) is 15.7. The van der Waals surface area contributed by atoms with Crippen LogP contribution in [0.5, 0.6) is 0 Å². The SMILES string of the molecule is COC(=O)[C@H]1CCN(C(=O)c2cn(-c3cccc(C)c3)nn2)c2ccccc21. The molecule has 0 N–H and O–H groups in total. The molecule has 1 aromatic heterocycles. The lowest BCUT2D eigenvalue weighted by atomic mass is 9.90. The maximum absolute atomic E-state index is 13.1. The van der Waals surface area contributed by atoms with Crippen LogP contribution in [0, 0.1) is 6.92 Å². The Morgan fingerprint density at radius 2 is 1.96 bits per heavy atom. The lowest BCUT2D eigenvalue weighted by Crippen LogP contribution is -2.38. The highest BCUT2D eigenvalue weighted by atomic mass is 16.5. The second-order valence-corrected chi connectivity index (χ2v) is 6.77. The second kappa shape index (κ2) is 7.26. The number of rotatable bonds is 3. The van der Waals surface area contributed by atoms with Crippen LogP contribution in [0.4, 0.5) is 5.69 Å². The van der Waals surface area contributed by atoms with Crippen LogP contribution in [0.2, 0.25) is 0 Å². The van der Waals surface area contributed by atoms with Crippen LogP contribution in [-0.4, -0.2) is 40.5 Å². The number of carbonyl (C=O) groups is 2. The lowest BCUT2D eigenvalue weighted by molar-refractivity contribution is -0.142. The minimum atomic E-state index is -0.367. The molecule has 0 aliphatic carbocycles. The minimum Gasteiger partial charge on any atom is -0.469 e. The number of nitrogens with zero attached hydrogens (tertiary/aromatic N) is 4. The fraction of sp³-hybridized carbons (Fsp3) is 0.238. The molecule has 4 rings (SSSR count).